The molecule has 0 aromatic carbocycles. The van der Waals surface area contributed by atoms with Crippen molar-refractivity contribution in [3.8, 4) is 0 Å². The van der Waals surface area contributed by atoms with Crippen LogP contribution in [0.3, 0.4) is 0 Å². The second kappa shape index (κ2) is 5.43. The Morgan fingerprint density at radius 2 is 1.90 bits per heavy atom. The van der Waals surface area contributed by atoms with E-state index >= 15 is 0 Å². The van der Waals surface area contributed by atoms with Crippen LogP contribution in [0.25, 0.3) is 0 Å². The molecule has 0 aliphatic heterocycles. The van der Waals surface area contributed by atoms with E-state index in [1.165, 1.54) is 20.9 Å². The summed E-state index contributed by atoms with van der Waals surface area (Å²) in [7, 11) is -2.53. The van der Waals surface area contributed by atoms with Crippen molar-refractivity contribution >= 4 is 16.0 Å². The summed E-state index contributed by atoms with van der Waals surface area (Å²) in [5, 5.41) is 18.5. The van der Waals surface area contributed by atoms with Crippen LogP contribution in [0, 0.1) is 19.8 Å². The van der Waals surface area contributed by atoms with E-state index < -0.39 is 16.0 Å². The molecule has 118 valence electrons. The van der Waals surface area contributed by atoms with Crippen LogP contribution in [-0.4, -0.2) is 48.6 Å². The molecule has 1 aromatic heterocycles. The summed E-state index contributed by atoms with van der Waals surface area (Å²) < 4.78 is 31.5. The summed E-state index contributed by atoms with van der Waals surface area (Å²) in [6.07, 6.45) is 0.767. The molecule has 0 bridgehead atoms. The van der Waals surface area contributed by atoms with Crippen LogP contribution in [0.1, 0.15) is 34.7 Å². The molecule has 0 spiro atoms. The van der Waals surface area contributed by atoms with Gasteiger partial charge in [0, 0.05) is 13.6 Å². The maximum Gasteiger partial charge on any atom is 0.340 e. The van der Waals surface area contributed by atoms with E-state index in [9.17, 15) is 23.4 Å². The van der Waals surface area contributed by atoms with Gasteiger partial charge in [0.25, 0.3) is 0 Å². The first-order chi connectivity index (χ1) is 9.64. The van der Waals surface area contributed by atoms with Gasteiger partial charge in [-0.2, -0.15) is 0 Å². The van der Waals surface area contributed by atoms with Crippen molar-refractivity contribution in [3.05, 3.63) is 17.1 Å². The Morgan fingerprint density at radius 3 is 2.38 bits per heavy atom. The lowest BCUT2D eigenvalue weighted by Crippen LogP contribution is -2.39. The molecule has 0 atom stereocenters. The molecular weight excluding hydrogens is 298 g/mol. The summed E-state index contributed by atoms with van der Waals surface area (Å²) in [6.45, 7) is 3.12. The van der Waals surface area contributed by atoms with Crippen LogP contribution >= 0.6 is 0 Å². The maximum atomic E-state index is 12.6. The zero-order valence-electron chi connectivity index (χ0n) is 12.2. The third kappa shape index (κ3) is 2.83. The molecule has 7 nitrogen and oxygen atoms in total. The van der Waals surface area contributed by atoms with E-state index in [0.717, 1.165) is 4.31 Å². The molecule has 0 amide bonds. The van der Waals surface area contributed by atoms with Crippen LogP contribution in [0.2, 0.25) is 0 Å². The minimum absolute atomic E-state index is 0.0744. The van der Waals surface area contributed by atoms with Crippen LogP contribution in [0.5, 0.6) is 0 Å². The molecule has 1 saturated carbocycles. The topological polar surface area (TPSA) is 108 Å². The summed E-state index contributed by atoms with van der Waals surface area (Å²) in [6, 6.07) is 0. The number of aryl methyl sites for hydroxylation is 2. The van der Waals surface area contributed by atoms with Gasteiger partial charge in [-0.25, -0.2) is 17.5 Å². The van der Waals surface area contributed by atoms with Gasteiger partial charge in [-0.05, 0) is 32.6 Å². The van der Waals surface area contributed by atoms with Gasteiger partial charge in [0.05, 0.1) is 6.10 Å². The van der Waals surface area contributed by atoms with Gasteiger partial charge in [-0.15, -0.1) is 0 Å². The Balaban J connectivity index is 2.33. The fraction of sp³-hybridized carbons (Fsp3) is 0.615. The van der Waals surface area contributed by atoms with Crippen molar-refractivity contribution in [1.82, 2.24) is 4.31 Å². The van der Waals surface area contributed by atoms with Crippen LogP contribution in [0.4, 0.5) is 0 Å². The molecular formula is C13H19NO6S. The Hall–Kier alpha value is -1.38. The highest BCUT2D eigenvalue weighted by atomic mass is 32.2. The predicted octanol–water partition coefficient (Wildman–Crippen LogP) is 0.986. The van der Waals surface area contributed by atoms with Gasteiger partial charge < -0.3 is 14.6 Å². The molecule has 1 heterocycles. The number of hydrogen-bond acceptors (Lipinski definition) is 5. The number of aliphatic hydroxyl groups is 1. The van der Waals surface area contributed by atoms with E-state index in [2.05, 4.69) is 0 Å². The van der Waals surface area contributed by atoms with E-state index in [-0.39, 0.29) is 40.5 Å². The largest absolute Gasteiger partial charge is 0.478 e. The molecule has 1 aliphatic rings. The molecule has 0 saturated heterocycles. The molecule has 2 rings (SSSR count). The van der Waals surface area contributed by atoms with Crippen molar-refractivity contribution in [2.75, 3.05) is 13.6 Å². The molecule has 21 heavy (non-hydrogen) atoms. The minimum atomic E-state index is -3.94. The average Bonchev–Trinajstić information content (AvgIpc) is 2.62. The average molecular weight is 317 g/mol. The van der Waals surface area contributed by atoms with Gasteiger partial charge in [-0.1, -0.05) is 0 Å². The normalized spacial score (nSPS) is 22.3. The van der Waals surface area contributed by atoms with Crippen molar-refractivity contribution < 1.29 is 27.8 Å². The second-order valence-corrected chi connectivity index (χ2v) is 7.48. The number of furan rings is 1. The van der Waals surface area contributed by atoms with Crippen molar-refractivity contribution in [3.63, 3.8) is 0 Å². The molecule has 8 heteroatoms. The molecule has 1 aromatic rings. The smallest absolute Gasteiger partial charge is 0.340 e. The molecule has 2 N–H and O–H groups in total. The lowest BCUT2D eigenvalue weighted by atomic mass is 9.82. The van der Waals surface area contributed by atoms with E-state index in [1.54, 1.807) is 0 Å². The fourth-order valence-corrected chi connectivity index (χ4v) is 4.30. The monoisotopic (exact) mass is 317 g/mol. The van der Waals surface area contributed by atoms with Crippen molar-refractivity contribution in [2.45, 2.75) is 37.7 Å². The van der Waals surface area contributed by atoms with Crippen LogP contribution < -0.4 is 0 Å². The molecule has 1 aliphatic carbocycles. The van der Waals surface area contributed by atoms with Crippen LogP contribution in [-0.2, 0) is 10.0 Å². The SMILES string of the molecule is Cc1oc(C)c(S(=O)(=O)N(C)CC2CC(O)C2)c1C(=O)O. The number of sulfonamides is 1. The zero-order chi connectivity index (χ0) is 15.9. The number of carboxylic acid groups (broad SMARTS) is 1. The first-order valence-corrected chi connectivity index (χ1v) is 8.06. The van der Waals surface area contributed by atoms with E-state index in [4.69, 9.17) is 4.42 Å². The Bertz CT molecular complexity index is 656. The minimum Gasteiger partial charge on any atom is -0.478 e. The fourth-order valence-electron chi connectivity index (χ4n) is 2.69. The van der Waals surface area contributed by atoms with E-state index in [1.807, 2.05) is 0 Å². The molecule has 0 unspecified atom stereocenters. The zero-order valence-corrected chi connectivity index (χ0v) is 13.0. The predicted molar refractivity (Wildman–Crippen MR) is 73.7 cm³/mol. The number of aliphatic hydroxyl groups excluding tert-OH is 1. The van der Waals surface area contributed by atoms with Gasteiger partial charge in [0.2, 0.25) is 10.0 Å². The number of carboxylic acids is 1. The van der Waals surface area contributed by atoms with Gasteiger partial charge in [0.1, 0.15) is 22.0 Å². The Kier molecular flexibility index (Phi) is 4.14. The number of carbonyl (C=O) groups is 1. The van der Waals surface area contributed by atoms with E-state index in [0.29, 0.717) is 12.8 Å². The Morgan fingerprint density at radius 1 is 1.33 bits per heavy atom. The van der Waals surface area contributed by atoms with Gasteiger partial charge in [-0.3, -0.25) is 0 Å². The number of nitrogens with zero attached hydrogens (tertiary/aromatic N) is 1. The molecule has 1 fully saturated rings. The van der Waals surface area contributed by atoms with Crippen molar-refractivity contribution in [2.24, 2.45) is 5.92 Å². The number of hydrogen-bond donors (Lipinski definition) is 2. The maximum absolute atomic E-state index is 12.6. The standard InChI is InChI=1S/C13H19NO6S/c1-7-11(13(16)17)12(8(2)20-7)21(18,19)14(3)6-9-4-10(15)5-9/h9-10,15H,4-6H2,1-3H3,(H,16,17). The quantitative estimate of drug-likeness (QED) is 0.838. The second-order valence-electron chi connectivity index (χ2n) is 5.50. The summed E-state index contributed by atoms with van der Waals surface area (Å²) in [5.74, 6) is -1.08. The number of rotatable bonds is 5. The highest BCUT2D eigenvalue weighted by Gasteiger charge is 2.36. The summed E-state index contributed by atoms with van der Waals surface area (Å²) in [4.78, 5) is 11.0. The molecule has 0 radical (unpaired) electrons. The van der Waals surface area contributed by atoms with Crippen LogP contribution in [0.15, 0.2) is 9.31 Å². The highest BCUT2D eigenvalue weighted by molar-refractivity contribution is 7.89. The first kappa shape index (κ1) is 16.0. The number of aromatic carboxylic acids is 1. The first-order valence-electron chi connectivity index (χ1n) is 6.62. The van der Waals surface area contributed by atoms with Gasteiger partial charge in [0.15, 0.2) is 0 Å². The lowest BCUT2D eigenvalue weighted by Gasteiger charge is -2.34. The third-order valence-electron chi connectivity index (χ3n) is 3.81. The lowest BCUT2D eigenvalue weighted by molar-refractivity contribution is 0.0367. The Labute approximate surface area is 123 Å². The van der Waals surface area contributed by atoms with Crippen molar-refractivity contribution in [1.29, 1.82) is 0 Å². The van der Waals surface area contributed by atoms with Gasteiger partial charge >= 0.3 is 5.97 Å². The third-order valence-corrected chi connectivity index (χ3v) is 5.79. The summed E-state index contributed by atoms with van der Waals surface area (Å²) in [5.41, 5.74) is -0.312. The highest BCUT2D eigenvalue weighted by Crippen LogP contribution is 2.32. The summed E-state index contributed by atoms with van der Waals surface area (Å²) >= 11 is 0.